The highest BCUT2D eigenvalue weighted by Crippen LogP contribution is 2.37. The molecule has 0 aliphatic carbocycles. The van der Waals surface area contributed by atoms with E-state index in [4.69, 9.17) is 9.73 Å². The maximum atomic E-state index is 9.53. The zero-order chi connectivity index (χ0) is 17.9. The van der Waals surface area contributed by atoms with Crippen LogP contribution in [0.1, 0.15) is 17.1 Å². The highest BCUT2D eigenvalue weighted by Gasteiger charge is 2.28. The number of methoxy groups -OCH3 is 1. The summed E-state index contributed by atoms with van der Waals surface area (Å²) in [4.78, 5) is 11.9. The number of nitrogens with zero attached hydrogens (tertiary/aromatic N) is 3. The first-order chi connectivity index (χ1) is 12.8. The molecule has 3 heterocycles. The fourth-order valence-corrected chi connectivity index (χ4v) is 4.16. The lowest BCUT2D eigenvalue weighted by atomic mass is 10.1. The van der Waals surface area contributed by atoms with Crippen molar-refractivity contribution in [3.63, 3.8) is 0 Å². The molecule has 0 radical (unpaired) electrons. The molecule has 0 unspecified atom stereocenters. The van der Waals surface area contributed by atoms with Gasteiger partial charge in [-0.2, -0.15) is 0 Å². The summed E-state index contributed by atoms with van der Waals surface area (Å²) in [6.07, 6.45) is 0.959. The second-order valence-corrected chi connectivity index (χ2v) is 7.48. The van der Waals surface area contributed by atoms with Gasteiger partial charge in [-0.25, -0.2) is 9.98 Å². The van der Waals surface area contributed by atoms with Crippen LogP contribution in [-0.2, 0) is 11.3 Å². The van der Waals surface area contributed by atoms with Crippen LogP contribution in [0.5, 0.6) is 0 Å². The Morgan fingerprint density at radius 2 is 2.27 bits per heavy atom. The molecule has 0 saturated carbocycles. The van der Waals surface area contributed by atoms with Gasteiger partial charge in [-0.05, 0) is 18.6 Å². The smallest absolute Gasteiger partial charge is 0.158 e. The number of fused-ring (bicyclic) bond motifs is 2. The molecule has 7 nitrogen and oxygen atoms in total. The number of aliphatic hydroxyl groups excluding tert-OH is 1. The van der Waals surface area contributed by atoms with Crippen molar-refractivity contribution in [2.45, 2.75) is 19.1 Å². The van der Waals surface area contributed by atoms with Gasteiger partial charge in [0.15, 0.2) is 5.84 Å². The predicted molar refractivity (Wildman–Crippen MR) is 104 cm³/mol. The summed E-state index contributed by atoms with van der Waals surface area (Å²) in [5.74, 6) is 0.873. The normalized spacial score (nSPS) is 19.2. The zero-order valence-corrected chi connectivity index (χ0v) is 15.6. The van der Waals surface area contributed by atoms with E-state index in [0.29, 0.717) is 11.0 Å². The summed E-state index contributed by atoms with van der Waals surface area (Å²) in [6, 6.07) is 8.37. The van der Waals surface area contributed by atoms with Gasteiger partial charge < -0.3 is 25.4 Å². The van der Waals surface area contributed by atoms with Crippen LogP contribution in [0.15, 0.2) is 29.3 Å². The van der Waals surface area contributed by atoms with E-state index in [9.17, 15) is 5.11 Å². The summed E-state index contributed by atoms with van der Waals surface area (Å²) in [6.45, 7) is 3.30. The SMILES string of the molecule is COCC[C@H]1CN(C2=Nc3ccccc3Nc3sc(CO)nc32)CCN1. The number of aromatic nitrogens is 1. The van der Waals surface area contributed by atoms with Crippen LogP contribution in [0.3, 0.4) is 0 Å². The minimum atomic E-state index is -0.0632. The van der Waals surface area contributed by atoms with Crippen LogP contribution in [0, 0.1) is 0 Å². The molecule has 26 heavy (non-hydrogen) atoms. The first-order valence-corrected chi connectivity index (χ1v) is 9.63. The van der Waals surface area contributed by atoms with Crippen molar-refractivity contribution < 1.29 is 9.84 Å². The molecule has 0 bridgehead atoms. The number of anilines is 2. The van der Waals surface area contributed by atoms with Crippen molar-refractivity contribution in [3.05, 3.63) is 35.0 Å². The lowest BCUT2D eigenvalue weighted by Gasteiger charge is -2.35. The van der Waals surface area contributed by atoms with Gasteiger partial charge in [-0.15, -0.1) is 0 Å². The molecule has 0 amide bonds. The quantitative estimate of drug-likeness (QED) is 0.761. The third kappa shape index (κ3) is 3.45. The Morgan fingerprint density at radius 3 is 3.12 bits per heavy atom. The average Bonchev–Trinajstić information content (AvgIpc) is 3.01. The van der Waals surface area contributed by atoms with Gasteiger partial charge in [0.2, 0.25) is 0 Å². The molecular formula is C18H23N5O2S. The number of amidine groups is 1. The monoisotopic (exact) mass is 373 g/mol. The van der Waals surface area contributed by atoms with Crippen molar-refractivity contribution in [1.29, 1.82) is 0 Å². The first-order valence-electron chi connectivity index (χ1n) is 8.81. The standard InChI is InChI=1S/C18H23N5O2S/c1-25-9-6-12-10-23(8-7-19-12)17-16-18(26-15(11-24)22-16)21-14-5-3-2-4-13(14)20-17/h2-5,12,19,21,24H,6-11H2,1H3/t12-/m0/s1. The van der Waals surface area contributed by atoms with E-state index in [0.717, 1.165) is 60.6 Å². The molecule has 1 saturated heterocycles. The molecule has 1 aromatic carbocycles. The van der Waals surface area contributed by atoms with Gasteiger partial charge in [-0.3, -0.25) is 0 Å². The maximum Gasteiger partial charge on any atom is 0.158 e. The van der Waals surface area contributed by atoms with E-state index < -0.39 is 0 Å². The highest BCUT2D eigenvalue weighted by molar-refractivity contribution is 7.16. The van der Waals surface area contributed by atoms with Crippen molar-refractivity contribution in [2.24, 2.45) is 4.99 Å². The number of piperazine rings is 1. The molecule has 0 spiro atoms. The Morgan fingerprint density at radius 1 is 1.38 bits per heavy atom. The van der Waals surface area contributed by atoms with Crippen molar-refractivity contribution in [2.75, 3.05) is 38.7 Å². The molecule has 2 aliphatic rings. The predicted octanol–water partition coefficient (Wildman–Crippen LogP) is 2.08. The number of hydrogen-bond acceptors (Lipinski definition) is 8. The fourth-order valence-electron chi connectivity index (χ4n) is 3.33. The number of benzene rings is 1. The largest absolute Gasteiger partial charge is 0.389 e. The topological polar surface area (TPSA) is 82.0 Å². The number of aliphatic hydroxyl groups is 1. The molecule has 4 rings (SSSR count). The number of thiazole rings is 1. The molecule has 138 valence electrons. The Balaban J connectivity index is 1.70. The Bertz CT molecular complexity index is 807. The number of hydrogen-bond donors (Lipinski definition) is 3. The van der Waals surface area contributed by atoms with Gasteiger partial charge in [-0.1, -0.05) is 23.5 Å². The molecule has 1 aromatic heterocycles. The molecular weight excluding hydrogens is 350 g/mol. The van der Waals surface area contributed by atoms with Crippen LogP contribution in [0.25, 0.3) is 0 Å². The van der Waals surface area contributed by atoms with Crippen LogP contribution in [-0.4, -0.2) is 60.2 Å². The molecule has 1 fully saturated rings. The maximum absolute atomic E-state index is 9.53. The minimum absolute atomic E-state index is 0.0632. The van der Waals surface area contributed by atoms with Gasteiger partial charge in [0.05, 0.1) is 18.0 Å². The minimum Gasteiger partial charge on any atom is -0.389 e. The number of aliphatic imine (C=N–C) groups is 1. The van der Waals surface area contributed by atoms with Gasteiger partial charge in [0.25, 0.3) is 0 Å². The second kappa shape index (κ2) is 7.71. The summed E-state index contributed by atoms with van der Waals surface area (Å²) >= 11 is 1.48. The zero-order valence-electron chi connectivity index (χ0n) is 14.7. The fraction of sp³-hybridized carbons (Fsp3) is 0.444. The van der Waals surface area contributed by atoms with Gasteiger partial charge >= 0.3 is 0 Å². The molecule has 1 atom stereocenters. The van der Waals surface area contributed by atoms with E-state index >= 15 is 0 Å². The van der Waals surface area contributed by atoms with Gasteiger partial charge in [0.1, 0.15) is 15.7 Å². The van der Waals surface area contributed by atoms with E-state index in [2.05, 4.69) is 20.5 Å². The van der Waals surface area contributed by atoms with E-state index in [1.807, 2.05) is 24.3 Å². The first kappa shape index (κ1) is 17.4. The number of para-hydroxylation sites is 2. The van der Waals surface area contributed by atoms with E-state index in [1.54, 1.807) is 7.11 Å². The summed E-state index contributed by atoms with van der Waals surface area (Å²) < 4.78 is 5.23. The average molecular weight is 373 g/mol. The Hall–Kier alpha value is -2.00. The number of nitrogens with one attached hydrogen (secondary N) is 2. The number of rotatable bonds is 4. The molecule has 8 heteroatoms. The van der Waals surface area contributed by atoms with Gasteiger partial charge in [0, 0.05) is 39.4 Å². The molecule has 3 N–H and O–H groups in total. The van der Waals surface area contributed by atoms with Crippen molar-refractivity contribution >= 4 is 33.5 Å². The number of ether oxygens (including phenoxy) is 1. The highest BCUT2D eigenvalue weighted by atomic mass is 32.1. The van der Waals surface area contributed by atoms with E-state index in [1.165, 1.54) is 11.3 Å². The van der Waals surface area contributed by atoms with E-state index in [-0.39, 0.29) is 6.61 Å². The van der Waals surface area contributed by atoms with Crippen LogP contribution in [0.2, 0.25) is 0 Å². The van der Waals surface area contributed by atoms with Crippen LogP contribution in [0.4, 0.5) is 16.4 Å². The van der Waals surface area contributed by atoms with Crippen LogP contribution >= 0.6 is 11.3 Å². The molecule has 2 aromatic rings. The lowest BCUT2D eigenvalue weighted by molar-refractivity contribution is 0.168. The van der Waals surface area contributed by atoms with Crippen LogP contribution < -0.4 is 10.6 Å². The third-order valence-corrected chi connectivity index (χ3v) is 5.58. The lowest BCUT2D eigenvalue weighted by Crippen LogP contribution is -2.53. The summed E-state index contributed by atoms with van der Waals surface area (Å²) in [5, 5.41) is 18.1. The summed E-state index contributed by atoms with van der Waals surface area (Å²) in [7, 11) is 1.73. The molecule has 2 aliphatic heterocycles. The van der Waals surface area contributed by atoms with Crippen molar-refractivity contribution in [1.82, 2.24) is 15.2 Å². The third-order valence-electron chi connectivity index (χ3n) is 4.62. The Kier molecular flexibility index (Phi) is 5.16. The van der Waals surface area contributed by atoms with Crippen molar-refractivity contribution in [3.8, 4) is 0 Å². The summed E-state index contributed by atoms with van der Waals surface area (Å²) in [5.41, 5.74) is 2.69. The second-order valence-electron chi connectivity index (χ2n) is 6.40. The Labute approximate surface area is 156 Å².